The van der Waals surface area contributed by atoms with Gasteiger partial charge < -0.3 is 68.5 Å². The van der Waals surface area contributed by atoms with Crippen molar-refractivity contribution in [2.75, 3.05) is 41.4 Å². The van der Waals surface area contributed by atoms with Crippen LogP contribution in [0.4, 0.5) is 5.69 Å². The van der Waals surface area contributed by atoms with Gasteiger partial charge in [-0.3, -0.25) is 14.9 Å². The molecule has 3 saturated heterocycles. The minimum absolute atomic E-state index is 0.00157. The molecule has 0 amide bonds. The molecule has 21 heteroatoms. The van der Waals surface area contributed by atoms with Gasteiger partial charge in [0, 0.05) is 76.7 Å². The standard InChI is InChI=1S/C50H84N6O15/c1-15-38-50(10,62)43(58)32(6)54(12)26-28(2)24-48(8,61)45(30(4)42(31(5)46(60)69-38)70-40-25-49(9,66-14)44(59)33(7)68-40)71-47-41(57)37(22-29(3)67-47)53(11)21-20-35-27-55(52-51-35)39(65-13)23-34-16-18-36(19-17-34)56(63)64/h16-19,27-33,37-45,47,57-59,61-62H,15,20-26H2,1-14H3/t28-,29-,30+,31-,32-,33+,37+,38-,39-,40+,41-,42+,43-,44+,45-,47+,48-,49-,50-/m1/s1. The number of hydrogen-bond donors (Lipinski definition) is 5. The average Bonchev–Trinajstić information content (AvgIpc) is 3.79. The molecule has 0 spiro atoms. The number of ether oxygens (including phenoxy) is 7. The van der Waals surface area contributed by atoms with Gasteiger partial charge in [-0.05, 0) is 93.3 Å². The summed E-state index contributed by atoms with van der Waals surface area (Å²) in [5.74, 6) is -2.86. The van der Waals surface area contributed by atoms with Crippen molar-refractivity contribution >= 4 is 11.7 Å². The maximum Gasteiger partial charge on any atom is 0.311 e. The van der Waals surface area contributed by atoms with Gasteiger partial charge in [0.25, 0.3) is 5.69 Å². The Hall–Kier alpha value is -3.29. The fraction of sp³-hybridized carbons (Fsp3) is 0.820. The largest absolute Gasteiger partial charge is 0.459 e. The number of non-ortho nitro benzene ring substituents is 1. The van der Waals surface area contributed by atoms with Crippen LogP contribution in [0.15, 0.2) is 30.5 Å². The number of esters is 1. The van der Waals surface area contributed by atoms with Crippen molar-refractivity contribution in [1.29, 1.82) is 0 Å². The van der Waals surface area contributed by atoms with E-state index < -0.39 is 119 Å². The van der Waals surface area contributed by atoms with Gasteiger partial charge in [0.05, 0.1) is 58.3 Å². The van der Waals surface area contributed by atoms with Gasteiger partial charge in [0.15, 0.2) is 18.8 Å². The molecule has 2 aromatic rings. The fourth-order valence-corrected chi connectivity index (χ4v) is 10.9. The number of benzene rings is 1. The highest BCUT2D eigenvalue weighted by molar-refractivity contribution is 5.73. The molecule has 5 N–H and O–H groups in total. The van der Waals surface area contributed by atoms with Crippen LogP contribution >= 0.6 is 0 Å². The van der Waals surface area contributed by atoms with Crippen molar-refractivity contribution in [3.8, 4) is 0 Å². The third-order valence-corrected chi connectivity index (χ3v) is 15.5. The third kappa shape index (κ3) is 13.9. The monoisotopic (exact) mass is 1010 g/mol. The molecule has 3 fully saturated rings. The van der Waals surface area contributed by atoms with Crippen LogP contribution in [0.5, 0.6) is 0 Å². The van der Waals surface area contributed by atoms with Crippen LogP contribution in [-0.2, 0) is 50.8 Å². The van der Waals surface area contributed by atoms with Crippen LogP contribution in [0, 0.1) is 27.9 Å². The minimum atomic E-state index is -1.85. The molecular formula is C50H84N6O15. The average molecular weight is 1010 g/mol. The zero-order valence-electron chi connectivity index (χ0n) is 44.3. The molecule has 71 heavy (non-hydrogen) atoms. The third-order valence-electron chi connectivity index (χ3n) is 15.5. The van der Waals surface area contributed by atoms with Crippen molar-refractivity contribution in [1.82, 2.24) is 24.8 Å². The van der Waals surface area contributed by atoms with Gasteiger partial charge in [-0.25, -0.2) is 4.68 Å². The van der Waals surface area contributed by atoms with Gasteiger partial charge in [-0.2, -0.15) is 0 Å². The molecule has 3 aliphatic rings. The number of likely N-dealkylation sites (N-methyl/N-ethyl adjacent to an activating group) is 2. The lowest BCUT2D eigenvalue weighted by Gasteiger charge is -2.49. The van der Waals surface area contributed by atoms with Crippen molar-refractivity contribution in [2.24, 2.45) is 17.8 Å². The summed E-state index contributed by atoms with van der Waals surface area (Å²) in [5, 5.41) is 79.5. The number of aliphatic hydroxyl groups excluding tert-OH is 3. The Morgan fingerprint density at radius 1 is 0.986 bits per heavy atom. The molecule has 1 aromatic heterocycles. The summed E-state index contributed by atoms with van der Waals surface area (Å²) in [6, 6.07) is 5.21. The quantitative estimate of drug-likeness (QED) is 0.0973. The number of aliphatic hydroxyl groups is 5. The van der Waals surface area contributed by atoms with Gasteiger partial charge in [-0.15, -0.1) is 5.10 Å². The SMILES string of the molecule is CC[C@H]1OC(=O)[C@H](C)[C@@H](O[C@H]2C[C@@](C)(OC)[C@@H](O)[C@H](C)O2)[C@H](C)[C@@H](O[C@@H]2O[C@H](C)C[C@H](N(C)CCc3cn([C@@H](Cc4ccc([N+](=O)[O-])cc4)OC)nn3)[C@H]2O)[C@](C)(O)C[C@@H](C)CN(C)[C@H](C)[C@@H](O)[C@]1(C)O. The molecular weight excluding hydrogens is 925 g/mol. The van der Waals surface area contributed by atoms with Crippen molar-refractivity contribution < 1.29 is 68.4 Å². The van der Waals surface area contributed by atoms with E-state index in [2.05, 4.69) is 10.3 Å². The smallest absolute Gasteiger partial charge is 0.311 e. The lowest BCUT2D eigenvalue weighted by Crippen LogP contribution is -2.61. The molecule has 21 nitrogen and oxygen atoms in total. The van der Waals surface area contributed by atoms with Crippen LogP contribution in [-0.4, -0.2) is 193 Å². The number of cyclic esters (lactones) is 1. The molecule has 0 radical (unpaired) electrons. The Morgan fingerprint density at radius 2 is 1.65 bits per heavy atom. The maximum atomic E-state index is 14.5. The van der Waals surface area contributed by atoms with Crippen molar-refractivity contribution in [3.63, 3.8) is 0 Å². The molecule has 3 aliphatic heterocycles. The number of nitro benzene ring substituents is 1. The van der Waals surface area contributed by atoms with Crippen LogP contribution in [0.2, 0.25) is 0 Å². The summed E-state index contributed by atoms with van der Waals surface area (Å²) in [6.45, 7) is 18.3. The van der Waals surface area contributed by atoms with Gasteiger partial charge >= 0.3 is 5.97 Å². The van der Waals surface area contributed by atoms with Gasteiger partial charge in [0.1, 0.15) is 30.0 Å². The zero-order valence-corrected chi connectivity index (χ0v) is 44.3. The van der Waals surface area contributed by atoms with E-state index >= 15 is 0 Å². The van der Waals surface area contributed by atoms with E-state index in [1.54, 1.807) is 78.6 Å². The Balaban J connectivity index is 1.43. The fourth-order valence-electron chi connectivity index (χ4n) is 10.9. The first kappa shape index (κ1) is 58.6. The first-order valence-corrected chi connectivity index (χ1v) is 25.1. The molecule has 404 valence electrons. The van der Waals surface area contributed by atoms with E-state index in [-0.39, 0.29) is 30.9 Å². The van der Waals surface area contributed by atoms with Crippen LogP contribution in [0.25, 0.3) is 0 Å². The number of methoxy groups -OCH3 is 2. The molecule has 0 saturated carbocycles. The van der Waals surface area contributed by atoms with Crippen molar-refractivity contribution in [2.45, 2.75) is 204 Å². The molecule has 5 rings (SSSR count). The highest BCUT2D eigenvalue weighted by atomic mass is 16.7. The zero-order chi connectivity index (χ0) is 52.9. The van der Waals surface area contributed by atoms with E-state index in [9.17, 15) is 40.4 Å². The molecule has 4 heterocycles. The minimum Gasteiger partial charge on any atom is -0.459 e. The summed E-state index contributed by atoms with van der Waals surface area (Å²) < 4.78 is 45.5. The molecule has 0 aliphatic carbocycles. The molecule has 1 aromatic carbocycles. The number of nitrogens with zero attached hydrogens (tertiary/aromatic N) is 6. The number of carbonyl (C=O) groups excluding carboxylic acids is 1. The second-order valence-corrected chi connectivity index (χ2v) is 21.4. The van der Waals surface area contributed by atoms with Gasteiger partial charge in [-0.1, -0.05) is 38.1 Å². The number of hydrogen-bond acceptors (Lipinski definition) is 19. The second-order valence-electron chi connectivity index (χ2n) is 21.4. The summed E-state index contributed by atoms with van der Waals surface area (Å²) in [5.41, 5.74) is -3.08. The summed E-state index contributed by atoms with van der Waals surface area (Å²) in [4.78, 5) is 29.1. The topological polar surface area (TPSA) is 263 Å². The number of carbonyl (C=O) groups is 1. The van der Waals surface area contributed by atoms with E-state index in [0.717, 1.165) is 5.56 Å². The Kier molecular flexibility index (Phi) is 20.1. The van der Waals surface area contributed by atoms with Crippen LogP contribution < -0.4 is 0 Å². The van der Waals surface area contributed by atoms with Crippen molar-refractivity contribution in [3.05, 3.63) is 51.8 Å². The molecule has 0 bridgehead atoms. The van der Waals surface area contributed by atoms with E-state index in [1.807, 2.05) is 37.7 Å². The first-order chi connectivity index (χ1) is 33.2. The van der Waals surface area contributed by atoms with E-state index in [4.69, 9.17) is 33.2 Å². The highest BCUT2D eigenvalue weighted by Crippen LogP contribution is 2.40. The normalized spacial score (nSPS) is 39.9. The summed E-state index contributed by atoms with van der Waals surface area (Å²) in [7, 11) is 6.77. The second kappa shape index (κ2) is 24.4. The lowest BCUT2D eigenvalue weighted by molar-refractivity contribution is -0.384. The maximum absolute atomic E-state index is 14.5. The predicted octanol–water partition coefficient (Wildman–Crippen LogP) is 3.40. The van der Waals surface area contributed by atoms with Gasteiger partial charge in [0.2, 0.25) is 0 Å². The number of aromatic nitrogens is 3. The Morgan fingerprint density at radius 3 is 2.25 bits per heavy atom. The Bertz CT molecular complexity index is 2010. The summed E-state index contributed by atoms with van der Waals surface area (Å²) >= 11 is 0. The van der Waals surface area contributed by atoms with Crippen LogP contribution in [0.3, 0.4) is 0 Å². The van der Waals surface area contributed by atoms with Crippen LogP contribution in [0.1, 0.15) is 112 Å². The summed E-state index contributed by atoms with van der Waals surface area (Å²) in [6.07, 6.45) is -7.21. The number of nitro groups is 1. The Labute approximate surface area is 419 Å². The van der Waals surface area contributed by atoms with E-state index in [0.29, 0.717) is 38.0 Å². The molecule has 19 atom stereocenters. The predicted molar refractivity (Wildman–Crippen MR) is 260 cm³/mol. The highest BCUT2D eigenvalue weighted by Gasteiger charge is 2.53. The molecule has 0 unspecified atom stereocenters. The number of rotatable bonds is 15. The van der Waals surface area contributed by atoms with E-state index in [1.165, 1.54) is 26.2 Å². The first-order valence-electron chi connectivity index (χ1n) is 25.1. The lowest BCUT2D eigenvalue weighted by atomic mass is 9.77.